The maximum absolute atomic E-state index is 12.6. The van der Waals surface area contributed by atoms with Crippen molar-refractivity contribution in [3.63, 3.8) is 0 Å². The van der Waals surface area contributed by atoms with E-state index in [2.05, 4.69) is 34.2 Å². The number of amides is 1. The van der Waals surface area contributed by atoms with Crippen molar-refractivity contribution in [2.45, 2.75) is 13.8 Å². The van der Waals surface area contributed by atoms with Crippen molar-refractivity contribution in [1.29, 1.82) is 0 Å². The van der Waals surface area contributed by atoms with Crippen LogP contribution in [0, 0.1) is 13.8 Å². The molecule has 0 radical (unpaired) electrons. The third-order valence-corrected chi connectivity index (χ3v) is 5.29. The molecule has 3 rings (SSSR count). The molecule has 126 valence electrons. The average molecular weight is 341 g/mol. The van der Waals surface area contributed by atoms with Crippen LogP contribution < -0.4 is 0 Å². The number of hydrogen-bond donors (Lipinski definition) is 0. The van der Waals surface area contributed by atoms with Crippen LogP contribution in [-0.2, 0) is 0 Å². The first-order valence-corrected chi connectivity index (χ1v) is 9.12. The largest absolute Gasteiger partial charge is 0.335 e. The lowest BCUT2D eigenvalue weighted by Gasteiger charge is -2.34. The zero-order chi connectivity index (χ0) is 16.9. The minimum absolute atomic E-state index is 0.137. The number of aromatic nitrogens is 1. The van der Waals surface area contributed by atoms with Gasteiger partial charge in [0, 0.05) is 32.7 Å². The van der Waals surface area contributed by atoms with E-state index in [0.29, 0.717) is 0 Å². The van der Waals surface area contributed by atoms with Gasteiger partial charge in [0.25, 0.3) is 5.91 Å². The molecule has 0 aliphatic carbocycles. The van der Waals surface area contributed by atoms with E-state index < -0.39 is 0 Å². The summed E-state index contributed by atoms with van der Waals surface area (Å²) in [6.07, 6.45) is 4.35. The molecule has 1 aliphatic rings. The summed E-state index contributed by atoms with van der Waals surface area (Å²) in [6, 6.07) is 10.3. The molecule has 1 aromatic heterocycles. The van der Waals surface area contributed by atoms with E-state index in [9.17, 15) is 4.79 Å². The molecule has 1 aliphatic heterocycles. The lowest BCUT2D eigenvalue weighted by Crippen LogP contribution is -2.48. The molecule has 0 atom stereocenters. The third kappa shape index (κ3) is 4.10. The maximum Gasteiger partial charge on any atom is 0.265 e. The molecule has 1 fully saturated rings. The Balaban J connectivity index is 1.50. The highest BCUT2D eigenvalue weighted by Crippen LogP contribution is 2.20. The number of hydrogen-bond acceptors (Lipinski definition) is 4. The van der Waals surface area contributed by atoms with Gasteiger partial charge in [0.15, 0.2) is 0 Å². The number of benzene rings is 1. The zero-order valence-electron chi connectivity index (χ0n) is 14.2. The van der Waals surface area contributed by atoms with E-state index in [1.165, 1.54) is 16.9 Å². The molecular formula is C19H23N3OS. The standard InChI is InChI=1S/C19H23N3OS/c1-15-18(24-16(2)20-15)19(23)22-13-11-21(12-14-22)10-6-9-17-7-4-3-5-8-17/h3-9H,10-14H2,1-2H3. The molecule has 0 bridgehead atoms. The van der Waals surface area contributed by atoms with Crippen molar-refractivity contribution < 1.29 is 4.79 Å². The summed E-state index contributed by atoms with van der Waals surface area (Å²) in [5.41, 5.74) is 2.08. The van der Waals surface area contributed by atoms with Gasteiger partial charge in [-0.05, 0) is 19.4 Å². The Bertz CT molecular complexity index is 715. The number of piperazine rings is 1. The summed E-state index contributed by atoms with van der Waals surface area (Å²) in [7, 11) is 0. The van der Waals surface area contributed by atoms with Gasteiger partial charge >= 0.3 is 0 Å². The van der Waals surface area contributed by atoms with Crippen molar-refractivity contribution in [2.24, 2.45) is 0 Å². The van der Waals surface area contributed by atoms with Gasteiger partial charge < -0.3 is 4.90 Å². The molecule has 2 heterocycles. The summed E-state index contributed by atoms with van der Waals surface area (Å²) < 4.78 is 0. The lowest BCUT2D eigenvalue weighted by atomic mass is 10.2. The fraction of sp³-hybridized carbons (Fsp3) is 0.368. The molecule has 5 heteroatoms. The average Bonchev–Trinajstić information content (AvgIpc) is 2.94. The summed E-state index contributed by atoms with van der Waals surface area (Å²) in [5.74, 6) is 0.137. The summed E-state index contributed by atoms with van der Waals surface area (Å²) in [4.78, 5) is 22.1. The monoisotopic (exact) mass is 341 g/mol. The van der Waals surface area contributed by atoms with Crippen LogP contribution >= 0.6 is 11.3 Å². The van der Waals surface area contributed by atoms with Gasteiger partial charge in [0.05, 0.1) is 10.7 Å². The normalized spacial score (nSPS) is 16.0. The second-order valence-electron chi connectivity index (χ2n) is 6.05. The highest BCUT2D eigenvalue weighted by molar-refractivity contribution is 7.13. The van der Waals surface area contributed by atoms with Crippen LogP contribution in [0.15, 0.2) is 36.4 Å². The van der Waals surface area contributed by atoms with Crippen molar-refractivity contribution >= 4 is 23.3 Å². The second kappa shape index (κ2) is 7.73. The molecular weight excluding hydrogens is 318 g/mol. The van der Waals surface area contributed by atoms with Crippen molar-refractivity contribution in [3.05, 3.63) is 57.6 Å². The predicted octanol–water partition coefficient (Wildman–Crippen LogP) is 3.23. The Morgan fingerprint density at radius 3 is 2.50 bits per heavy atom. The van der Waals surface area contributed by atoms with Gasteiger partial charge in [-0.2, -0.15) is 0 Å². The number of aryl methyl sites for hydroxylation is 2. The second-order valence-corrected chi connectivity index (χ2v) is 7.26. The molecule has 0 saturated carbocycles. The number of thiazole rings is 1. The van der Waals surface area contributed by atoms with Crippen LogP contribution in [-0.4, -0.2) is 53.4 Å². The van der Waals surface area contributed by atoms with E-state index in [4.69, 9.17) is 0 Å². The molecule has 1 aromatic carbocycles. The molecule has 24 heavy (non-hydrogen) atoms. The predicted molar refractivity (Wildman–Crippen MR) is 99.4 cm³/mol. The summed E-state index contributed by atoms with van der Waals surface area (Å²) in [6.45, 7) is 8.20. The minimum atomic E-state index is 0.137. The first kappa shape index (κ1) is 16.9. The fourth-order valence-electron chi connectivity index (χ4n) is 2.91. The van der Waals surface area contributed by atoms with Crippen molar-refractivity contribution in [3.8, 4) is 0 Å². The number of nitrogens with zero attached hydrogens (tertiary/aromatic N) is 3. The van der Waals surface area contributed by atoms with Crippen LogP contribution in [0.4, 0.5) is 0 Å². The molecule has 0 unspecified atom stereocenters. The minimum Gasteiger partial charge on any atom is -0.335 e. The van der Waals surface area contributed by atoms with Gasteiger partial charge in [0.1, 0.15) is 4.88 Å². The third-order valence-electron chi connectivity index (χ3n) is 4.23. The van der Waals surface area contributed by atoms with E-state index >= 15 is 0 Å². The Morgan fingerprint density at radius 2 is 1.88 bits per heavy atom. The van der Waals surface area contributed by atoms with E-state index in [1.54, 1.807) is 0 Å². The van der Waals surface area contributed by atoms with Gasteiger partial charge in [-0.3, -0.25) is 9.69 Å². The highest BCUT2D eigenvalue weighted by Gasteiger charge is 2.24. The quantitative estimate of drug-likeness (QED) is 0.857. The Hall–Kier alpha value is -1.98. The number of carbonyl (C=O) groups excluding carboxylic acids is 1. The van der Waals surface area contributed by atoms with Gasteiger partial charge in [-0.25, -0.2) is 4.98 Å². The first-order chi connectivity index (χ1) is 11.6. The van der Waals surface area contributed by atoms with Crippen LogP contribution in [0.1, 0.15) is 25.9 Å². The van der Waals surface area contributed by atoms with Crippen LogP contribution in [0.2, 0.25) is 0 Å². The smallest absolute Gasteiger partial charge is 0.265 e. The SMILES string of the molecule is Cc1nc(C)c(C(=O)N2CCN(CC=Cc3ccccc3)CC2)s1. The van der Waals surface area contributed by atoms with E-state index in [-0.39, 0.29) is 5.91 Å². The van der Waals surface area contributed by atoms with Crippen LogP contribution in [0.5, 0.6) is 0 Å². The molecule has 2 aromatic rings. The van der Waals surface area contributed by atoms with Crippen molar-refractivity contribution in [2.75, 3.05) is 32.7 Å². The van der Waals surface area contributed by atoms with Crippen LogP contribution in [0.3, 0.4) is 0 Å². The van der Waals surface area contributed by atoms with Crippen molar-refractivity contribution in [1.82, 2.24) is 14.8 Å². The zero-order valence-corrected chi connectivity index (χ0v) is 15.1. The molecule has 0 spiro atoms. The molecule has 4 nitrogen and oxygen atoms in total. The lowest BCUT2D eigenvalue weighted by molar-refractivity contribution is 0.0654. The van der Waals surface area contributed by atoms with Crippen LogP contribution in [0.25, 0.3) is 6.08 Å². The highest BCUT2D eigenvalue weighted by atomic mass is 32.1. The maximum atomic E-state index is 12.6. The Morgan fingerprint density at radius 1 is 1.17 bits per heavy atom. The topological polar surface area (TPSA) is 36.4 Å². The Labute approximate surface area is 147 Å². The summed E-state index contributed by atoms with van der Waals surface area (Å²) in [5, 5.41) is 0.959. The van der Waals surface area contributed by atoms with Gasteiger partial charge in [-0.15, -0.1) is 11.3 Å². The molecule has 1 saturated heterocycles. The molecule has 0 N–H and O–H groups in total. The van der Waals surface area contributed by atoms with Gasteiger partial charge in [0.2, 0.25) is 0 Å². The first-order valence-electron chi connectivity index (χ1n) is 8.31. The Kier molecular flexibility index (Phi) is 5.43. The fourth-order valence-corrected chi connectivity index (χ4v) is 3.80. The number of carbonyl (C=O) groups is 1. The molecule has 1 amide bonds. The van der Waals surface area contributed by atoms with Gasteiger partial charge in [-0.1, -0.05) is 42.5 Å². The van der Waals surface area contributed by atoms with E-state index in [1.807, 2.05) is 36.9 Å². The number of rotatable bonds is 4. The van der Waals surface area contributed by atoms with E-state index in [0.717, 1.165) is 48.3 Å². The summed E-state index contributed by atoms with van der Waals surface area (Å²) >= 11 is 1.50.